The molecule has 11 nitrogen and oxygen atoms in total. The van der Waals surface area contributed by atoms with Gasteiger partial charge in [-0.1, -0.05) is 34.6 Å². The van der Waals surface area contributed by atoms with E-state index >= 15 is 0 Å². The number of esters is 1. The molecule has 7 aliphatic rings. The fourth-order valence-corrected chi connectivity index (χ4v) is 13.3. The van der Waals surface area contributed by atoms with E-state index < -0.39 is 72.6 Å². The van der Waals surface area contributed by atoms with Crippen molar-refractivity contribution in [3.05, 3.63) is 11.3 Å². The minimum Gasteiger partial charge on any atom is -0.488 e. The van der Waals surface area contributed by atoms with Crippen molar-refractivity contribution in [3.8, 4) is 0 Å². The summed E-state index contributed by atoms with van der Waals surface area (Å²) in [6.45, 7) is 15.3. The monoisotopic (exact) mass is 692 g/mol. The molecule has 4 saturated carbocycles. The number of hydrogen-bond donors (Lipinski definition) is 6. The molecular weight excluding hydrogens is 632 g/mol. The minimum atomic E-state index is -1.36. The zero-order valence-electron chi connectivity index (χ0n) is 30.5. The van der Waals surface area contributed by atoms with E-state index in [1.54, 1.807) is 13.8 Å². The number of carbonyl (C=O) groups is 1. The molecule has 5 fully saturated rings. The zero-order chi connectivity index (χ0) is 35.9. The van der Waals surface area contributed by atoms with E-state index in [0.717, 1.165) is 44.9 Å². The molecule has 0 bridgehead atoms. The van der Waals surface area contributed by atoms with E-state index in [9.17, 15) is 35.4 Å². The molecule has 2 spiro atoms. The second kappa shape index (κ2) is 11.3. The van der Waals surface area contributed by atoms with Crippen molar-refractivity contribution in [1.29, 1.82) is 0 Å². The predicted molar refractivity (Wildman–Crippen MR) is 176 cm³/mol. The highest BCUT2D eigenvalue weighted by Gasteiger charge is 2.83. The van der Waals surface area contributed by atoms with Gasteiger partial charge in [-0.25, -0.2) is 0 Å². The lowest BCUT2D eigenvalue weighted by Gasteiger charge is -2.63. The Labute approximate surface area is 290 Å². The normalized spacial score (nSPS) is 51.0. The molecule has 0 amide bonds. The number of aliphatic hydroxyl groups is 6. The van der Waals surface area contributed by atoms with Crippen LogP contribution in [0, 0.1) is 44.8 Å². The van der Waals surface area contributed by atoms with Gasteiger partial charge in [-0.3, -0.25) is 4.79 Å². The highest BCUT2D eigenvalue weighted by molar-refractivity contribution is 5.66. The van der Waals surface area contributed by atoms with E-state index in [1.165, 1.54) is 12.5 Å². The average molecular weight is 693 g/mol. The van der Waals surface area contributed by atoms with Gasteiger partial charge in [0.25, 0.3) is 0 Å². The van der Waals surface area contributed by atoms with E-state index in [2.05, 4.69) is 34.6 Å². The number of allylic oxidation sites excluding steroid dienone is 1. The quantitative estimate of drug-likeness (QED) is 0.217. The number of fused-ring (bicyclic) bond motifs is 3. The first-order valence-electron chi connectivity index (χ1n) is 18.7. The van der Waals surface area contributed by atoms with Crippen LogP contribution >= 0.6 is 0 Å². The fraction of sp³-hybridized carbons (Fsp3) is 0.921. The van der Waals surface area contributed by atoms with Crippen LogP contribution in [-0.2, 0) is 23.7 Å². The molecule has 2 heterocycles. The molecule has 278 valence electrons. The first kappa shape index (κ1) is 36.1. The van der Waals surface area contributed by atoms with Gasteiger partial charge in [-0.05, 0) is 105 Å². The maximum atomic E-state index is 12.5. The number of rotatable bonds is 7. The molecule has 1 saturated heterocycles. The van der Waals surface area contributed by atoms with Crippen molar-refractivity contribution < 1.29 is 54.4 Å². The maximum Gasteiger partial charge on any atom is 0.303 e. The zero-order valence-corrected chi connectivity index (χ0v) is 30.5. The number of carbonyl (C=O) groups excluding carboxylic acids is 1. The highest BCUT2D eigenvalue weighted by Crippen LogP contribution is 2.89. The molecular formula is C38H60O11. The average Bonchev–Trinajstić information content (AvgIpc) is 3.55. The summed E-state index contributed by atoms with van der Waals surface area (Å²) in [6.07, 6.45) is -1.24. The SMILES string of the molecule is CC(=O)O[C@H](C1C[C@@H](C)C2=C(O1)[C@H](O)[C@@]1(C)[C@@H]3CC[C@H]4C(C)(C)[C@@H](O[C@@H]5O[C@@H]([C@H](O)CO)[C@H](O)[C@H]5O)CC[C@@]45C[C@@]35CC[C@]21C)C(C)(C)O. The van der Waals surface area contributed by atoms with Crippen LogP contribution < -0.4 is 0 Å². The van der Waals surface area contributed by atoms with Crippen LogP contribution in [0.5, 0.6) is 0 Å². The number of hydrogen-bond acceptors (Lipinski definition) is 11. The van der Waals surface area contributed by atoms with Gasteiger partial charge in [0.05, 0.1) is 18.3 Å². The molecule has 6 N–H and O–H groups in total. The van der Waals surface area contributed by atoms with Crippen LogP contribution in [0.1, 0.15) is 107 Å². The Morgan fingerprint density at radius 1 is 1.00 bits per heavy atom. The van der Waals surface area contributed by atoms with Gasteiger partial charge in [0.15, 0.2) is 12.4 Å². The van der Waals surface area contributed by atoms with E-state index in [4.69, 9.17) is 18.9 Å². The summed E-state index contributed by atoms with van der Waals surface area (Å²) in [7, 11) is 0. The first-order chi connectivity index (χ1) is 22.7. The van der Waals surface area contributed by atoms with Gasteiger partial charge >= 0.3 is 5.97 Å². The van der Waals surface area contributed by atoms with Crippen molar-refractivity contribution in [1.82, 2.24) is 0 Å². The highest BCUT2D eigenvalue weighted by atomic mass is 16.7. The van der Waals surface area contributed by atoms with Crippen LogP contribution in [0.25, 0.3) is 0 Å². The van der Waals surface area contributed by atoms with Gasteiger partial charge in [0, 0.05) is 17.8 Å². The summed E-state index contributed by atoms with van der Waals surface area (Å²) >= 11 is 0. The van der Waals surface area contributed by atoms with Gasteiger partial charge in [0.2, 0.25) is 0 Å². The molecule has 5 aliphatic carbocycles. The number of ether oxygens (including phenoxy) is 4. The lowest BCUT2D eigenvalue weighted by Crippen LogP contribution is -2.60. The van der Waals surface area contributed by atoms with Gasteiger partial charge in [0.1, 0.15) is 42.4 Å². The third kappa shape index (κ3) is 4.71. The Morgan fingerprint density at radius 2 is 1.65 bits per heavy atom. The second-order valence-electron chi connectivity index (χ2n) is 18.6. The molecule has 16 atom stereocenters. The van der Waals surface area contributed by atoms with Crippen LogP contribution in [0.2, 0.25) is 0 Å². The Balaban J connectivity index is 1.13. The van der Waals surface area contributed by atoms with Crippen molar-refractivity contribution in [3.63, 3.8) is 0 Å². The fourth-order valence-electron chi connectivity index (χ4n) is 13.3. The summed E-state index contributed by atoms with van der Waals surface area (Å²) in [5.74, 6) is 0.890. The summed E-state index contributed by atoms with van der Waals surface area (Å²) in [6, 6.07) is 0. The largest absolute Gasteiger partial charge is 0.488 e. The lowest BCUT2D eigenvalue weighted by atomic mass is 9.41. The number of aliphatic hydroxyl groups excluding tert-OH is 5. The Hall–Kier alpha value is -1.31. The molecule has 11 heteroatoms. The summed E-state index contributed by atoms with van der Waals surface area (Å²) in [5.41, 5.74) is -0.872. The first-order valence-corrected chi connectivity index (χ1v) is 18.7. The van der Waals surface area contributed by atoms with Crippen LogP contribution in [0.15, 0.2) is 11.3 Å². The van der Waals surface area contributed by atoms with Crippen LogP contribution in [0.3, 0.4) is 0 Å². The Bertz CT molecular complexity index is 1370. The molecule has 49 heavy (non-hydrogen) atoms. The van der Waals surface area contributed by atoms with Gasteiger partial charge < -0.3 is 49.6 Å². The predicted octanol–water partition coefficient (Wildman–Crippen LogP) is 2.96. The maximum absolute atomic E-state index is 12.5. The van der Waals surface area contributed by atoms with E-state index in [-0.39, 0.29) is 39.6 Å². The topological polar surface area (TPSA) is 175 Å². The molecule has 7 rings (SSSR count). The van der Waals surface area contributed by atoms with E-state index in [1.807, 2.05) is 0 Å². The minimum absolute atomic E-state index is 0.0884. The van der Waals surface area contributed by atoms with Crippen LogP contribution in [-0.4, -0.2) is 104 Å². The second-order valence-corrected chi connectivity index (χ2v) is 18.6. The third-order valence-corrected chi connectivity index (χ3v) is 15.6. The molecule has 0 aromatic rings. The van der Waals surface area contributed by atoms with Crippen molar-refractivity contribution in [2.24, 2.45) is 44.8 Å². The molecule has 0 aromatic carbocycles. The summed E-state index contributed by atoms with van der Waals surface area (Å²) in [5, 5.41) is 64.3. The Morgan fingerprint density at radius 3 is 2.29 bits per heavy atom. The van der Waals surface area contributed by atoms with Crippen molar-refractivity contribution in [2.45, 2.75) is 167 Å². The summed E-state index contributed by atoms with van der Waals surface area (Å²) < 4.78 is 24.6. The molecule has 2 aliphatic heterocycles. The van der Waals surface area contributed by atoms with Gasteiger partial charge in [-0.2, -0.15) is 0 Å². The lowest BCUT2D eigenvalue weighted by molar-refractivity contribution is -0.247. The third-order valence-electron chi connectivity index (χ3n) is 15.6. The molecule has 1 unspecified atom stereocenters. The van der Waals surface area contributed by atoms with E-state index in [0.29, 0.717) is 18.1 Å². The van der Waals surface area contributed by atoms with Crippen molar-refractivity contribution in [2.75, 3.05) is 6.61 Å². The molecule has 0 radical (unpaired) electrons. The molecule has 0 aromatic heterocycles. The Kier molecular flexibility index (Phi) is 8.35. The van der Waals surface area contributed by atoms with Crippen molar-refractivity contribution >= 4 is 5.97 Å². The summed E-state index contributed by atoms with van der Waals surface area (Å²) in [4.78, 5) is 12.1. The van der Waals surface area contributed by atoms with Crippen LogP contribution in [0.4, 0.5) is 0 Å². The standard InChI is InChI=1S/C38H60O11/c1-18-15-21(31(34(5,6)45)46-19(2)40)47-29-25(18)35(7)13-14-38-17-37(38)12-11-24(48-32-27(43)26(42)28(49-32)20(41)16-39)33(3,4)22(37)9-10-23(38)36(35,8)30(29)44/h18,20-24,26-28,30-32,39,41-45H,9-17H2,1-8H3/t18-,20-,21?,22+,23+,24+,26-,27-,28+,30+,31-,32-,35-,36-,37-,38+/m1/s1. The smallest absolute Gasteiger partial charge is 0.303 e. The van der Waals surface area contributed by atoms with Gasteiger partial charge in [-0.15, -0.1) is 0 Å².